The maximum atomic E-state index is 14.4. The molecule has 7 nitrogen and oxygen atoms in total. The summed E-state index contributed by atoms with van der Waals surface area (Å²) in [5.41, 5.74) is 0.558. The number of rotatable bonds is 3. The number of imide groups is 1. The van der Waals surface area contributed by atoms with Crippen LogP contribution in [0, 0.1) is 5.82 Å². The Morgan fingerprint density at radius 1 is 1.21 bits per heavy atom. The molecule has 0 fully saturated rings. The SMILES string of the molecule is CC(C)(C)OC(=O)N1CCc2c(Cl)cc(F)c(O)c2[C@H]1CCN1C(=O)c2ccccc2C1=O. The fraction of sp³-hybridized carbons (Fsp3) is 0.375. The molecular weight excluding hydrogens is 451 g/mol. The molecule has 0 saturated carbocycles. The van der Waals surface area contributed by atoms with Gasteiger partial charge in [0, 0.05) is 23.7 Å². The molecule has 2 aliphatic rings. The number of hydrogen-bond donors (Lipinski definition) is 1. The molecule has 9 heteroatoms. The molecule has 0 radical (unpaired) electrons. The number of ether oxygens (including phenoxy) is 1. The number of carbonyl (C=O) groups excluding carboxylic acids is 3. The van der Waals surface area contributed by atoms with Crippen molar-refractivity contribution in [1.82, 2.24) is 9.80 Å². The third kappa shape index (κ3) is 4.15. The number of amides is 3. The van der Waals surface area contributed by atoms with Crippen molar-refractivity contribution < 1.29 is 28.6 Å². The first kappa shape index (κ1) is 23.0. The van der Waals surface area contributed by atoms with E-state index in [9.17, 15) is 23.9 Å². The fourth-order valence-corrected chi connectivity index (χ4v) is 4.65. The monoisotopic (exact) mass is 474 g/mol. The summed E-state index contributed by atoms with van der Waals surface area (Å²) in [5, 5.41) is 10.7. The average molecular weight is 475 g/mol. The zero-order valence-corrected chi connectivity index (χ0v) is 19.3. The zero-order chi connectivity index (χ0) is 24.1. The highest BCUT2D eigenvalue weighted by Crippen LogP contribution is 2.43. The zero-order valence-electron chi connectivity index (χ0n) is 18.5. The number of hydrogen-bond acceptors (Lipinski definition) is 5. The highest BCUT2D eigenvalue weighted by molar-refractivity contribution is 6.31. The summed E-state index contributed by atoms with van der Waals surface area (Å²) in [4.78, 5) is 41.0. The van der Waals surface area contributed by atoms with Crippen LogP contribution in [0.5, 0.6) is 5.75 Å². The summed E-state index contributed by atoms with van der Waals surface area (Å²) >= 11 is 6.25. The lowest BCUT2D eigenvalue weighted by molar-refractivity contribution is 0.0123. The van der Waals surface area contributed by atoms with Gasteiger partial charge in [-0.05, 0) is 57.4 Å². The Balaban J connectivity index is 1.68. The van der Waals surface area contributed by atoms with Crippen molar-refractivity contribution in [1.29, 1.82) is 0 Å². The van der Waals surface area contributed by atoms with Crippen molar-refractivity contribution in [2.45, 2.75) is 45.3 Å². The first-order valence-corrected chi connectivity index (χ1v) is 11.0. The second-order valence-corrected chi connectivity index (χ2v) is 9.52. The topological polar surface area (TPSA) is 87.2 Å². The molecule has 3 amide bonds. The molecule has 33 heavy (non-hydrogen) atoms. The van der Waals surface area contributed by atoms with E-state index in [0.29, 0.717) is 23.1 Å². The Kier molecular flexibility index (Phi) is 5.82. The number of aromatic hydroxyl groups is 1. The van der Waals surface area contributed by atoms with Crippen molar-refractivity contribution in [3.63, 3.8) is 0 Å². The molecule has 4 rings (SSSR count). The third-order valence-electron chi connectivity index (χ3n) is 5.79. The first-order valence-electron chi connectivity index (χ1n) is 10.6. The Hall–Kier alpha value is -3.13. The molecule has 174 valence electrons. The molecule has 0 aliphatic carbocycles. The average Bonchev–Trinajstić information content (AvgIpc) is 2.99. The summed E-state index contributed by atoms with van der Waals surface area (Å²) in [7, 11) is 0. The third-order valence-corrected chi connectivity index (χ3v) is 6.13. The van der Waals surface area contributed by atoms with Gasteiger partial charge in [0.1, 0.15) is 5.60 Å². The molecule has 1 atom stereocenters. The molecule has 0 unspecified atom stereocenters. The fourth-order valence-electron chi connectivity index (χ4n) is 4.36. The number of carbonyl (C=O) groups is 3. The highest BCUT2D eigenvalue weighted by Gasteiger charge is 2.40. The molecule has 1 N–H and O–H groups in total. The van der Waals surface area contributed by atoms with Gasteiger partial charge in [0.2, 0.25) is 0 Å². The Bertz CT molecular complexity index is 1130. The molecule has 0 aromatic heterocycles. The molecule has 0 spiro atoms. The van der Waals surface area contributed by atoms with E-state index >= 15 is 0 Å². The van der Waals surface area contributed by atoms with E-state index in [-0.39, 0.29) is 30.1 Å². The normalized spacial score (nSPS) is 17.8. The Morgan fingerprint density at radius 3 is 2.39 bits per heavy atom. The Morgan fingerprint density at radius 2 is 1.82 bits per heavy atom. The molecule has 2 aromatic rings. The molecule has 2 aliphatic heterocycles. The van der Waals surface area contributed by atoms with Gasteiger partial charge in [0.25, 0.3) is 11.8 Å². The van der Waals surface area contributed by atoms with E-state index in [1.54, 1.807) is 45.0 Å². The van der Waals surface area contributed by atoms with Crippen LogP contribution in [0.4, 0.5) is 9.18 Å². The molecule has 0 bridgehead atoms. The number of phenols is 1. The molecular formula is C24H24ClFN2O5. The second kappa shape index (κ2) is 8.33. The summed E-state index contributed by atoms with van der Waals surface area (Å²) in [6, 6.07) is 6.72. The van der Waals surface area contributed by atoms with Gasteiger partial charge in [-0.25, -0.2) is 9.18 Å². The minimum absolute atomic E-state index is 0.0384. The highest BCUT2D eigenvalue weighted by atomic mass is 35.5. The second-order valence-electron chi connectivity index (χ2n) is 9.12. The van der Waals surface area contributed by atoms with Crippen molar-refractivity contribution in [3.8, 4) is 5.75 Å². The van der Waals surface area contributed by atoms with Crippen molar-refractivity contribution in [2.75, 3.05) is 13.1 Å². The maximum Gasteiger partial charge on any atom is 0.410 e. The van der Waals surface area contributed by atoms with Crippen LogP contribution in [-0.2, 0) is 11.2 Å². The van der Waals surface area contributed by atoms with E-state index in [0.717, 1.165) is 11.0 Å². The van der Waals surface area contributed by atoms with Crippen LogP contribution in [0.3, 0.4) is 0 Å². The van der Waals surface area contributed by atoms with Gasteiger partial charge in [-0.15, -0.1) is 0 Å². The predicted octanol–water partition coefficient (Wildman–Crippen LogP) is 4.71. The van der Waals surface area contributed by atoms with Gasteiger partial charge in [-0.1, -0.05) is 23.7 Å². The largest absolute Gasteiger partial charge is 0.505 e. The van der Waals surface area contributed by atoms with Gasteiger partial charge in [0.15, 0.2) is 11.6 Å². The summed E-state index contributed by atoms with van der Waals surface area (Å²) in [5.74, 6) is -2.38. The van der Waals surface area contributed by atoms with Crippen LogP contribution in [0.25, 0.3) is 0 Å². The van der Waals surface area contributed by atoms with Crippen LogP contribution in [0.2, 0.25) is 5.02 Å². The minimum Gasteiger partial charge on any atom is -0.505 e. The number of halogens is 2. The lowest BCUT2D eigenvalue weighted by Crippen LogP contribution is -2.44. The lowest BCUT2D eigenvalue weighted by Gasteiger charge is -2.39. The van der Waals surface area contributed by atoms with Crippen molar-refractivity contribution in [3.05, 3.63) is 63.4 Å². The standard InChI is InChI=1S/C24H24ClFN2O5/c1-24(2,3)33-23(32)27-10-8-15-16(25)12-17(26)20(29)19(15)18(27)9-11-28-21(30)13-6-4-5-7-14(13)22(28)31/h4-7,12,18,29H,8-11H2,1-3H3/t18-/m1/s1. The van der Waals surface area contributed by atoms with E-state index in [1.165, 1.54) is 4.90 Å². The number of benzene rings is 2. The van der Waals surface area contributed by atoms with Gasteiger partial charge >= 0.3 is 6.09 Å². The summed E-state index contributed by atoms with van der Waals surface area (Å²) < 4.78 is 19.9. The molecule has 2 aromatic carbocycles. The number of fused-ring (bicyclic) bond motifs is 2. The van der Waals surface area contributed by atoms with Gasteiger partial charge < -0.3 is 14.7 Å². The molecule has 2 heterocycles. The van der Waals surface area contributed by atoms with E-state index in [4.69, 9.17) is 16.3 Å². The van der Waals surface area contributed by atoms with Crippen LogP contribution in [0.15, 0.2) is 30.3 Å². The van der Waals surface area contributed by atoms with Crippen LogP contribution < -0.4 is 0 Å². The van der Waals surface area contributed by atoms with Crippen LogP contribution in [-0.4, -0.2) is 51.5 Å². The van der Waals surface area contributed by atoms with Crippen LogP contribution in [0.1, 0.15) is 65.1 Å². The number of phenolic OH excluding ortho intramolecular Hbond substituents is 1. The smallest absolute Gasteiger partial charge is 0.410 e. The predicted molar refractivity (Wildman–Crippen MR) is 119 cm³/mol. The number of nitrogens with zero attached hydrogens (tertiary/aromatic N) is 2. The van der Waals surface area contributed by atoms with Crippen molar-refractivity contribution >= 4 is 29.5 Å². The van der Waals surface area contributed by atoms with Gasteiger partial charge in [-0.3, -0.25) is 14.5 Å². The van der Waals surface area contributed by atoms with E-state index in [2.05, 4.69) is 0 Å². The maximum absolute atomic E-state index is 14.4. The van der Waals surface area contributed by atoms with Crippen LogP contribution >= 0.6 is 11.6 Å². The Labute approximate surface area is 195 Å². The summed E-state index contributed by atoms with van der Waals surface area (Å²) in [6.07, 6.45) is -0.268. The van der Waals surface area contributed by atoms with E-state index in [1.807, 2.05) is 0 Å². The first-order chi connectivity index (χ1) is 15.5. The summed E-state index contributed by atoms with van der Waals surface area (Å²) in [6.45, 7) is 5.36. The quantitative estimate of drug-likeness (QED) is 0.651. The lowest BCUT2D eigenvalue weighted by atomic mass is 9.89. The molecule has 0 saturated heterocycles. The minimum atomic E-state index is -0.907. The van der Waals surface area contributed by atoms with Gasteiger partial charge in [-0.2, -0.15) is 0 Å². The van der Waals surface area contributed by atoms with Gasteiger partial charge in [0.05, 0.1) is 17.2 Å². The van der Waals surface area contributed by atoms with E-state index < -0.39 is 41.1 Å². The van der Waals surface area contributed by atoms with Crippen molar-refractivity contribution in [2.24, 2.45) is 0 Å².